The number of hydrogen-bond donors (Lipinski definition) is 0. The van der Waals surface area contributed by atoms with E-state index in [0.29, 0.717) is 5.95 Å². The zero-order valence-corrected chi connectivity index (χ0v) is 24.9. The quantitative estimate of drug-likeness (QED) is 0.238. The Balaban J connectivity index is 1.29. The van der Waals surface area contributed by atoms with Crippen LogP contribution in [0.1, 0.15) is 20.3 Å². The zero-order valence-electron chi connectivity index (χ0n) is 24.9. The van der Waals surface area contributed by atoms with Crippen LogP contribution in [0.5, 0.6) is 28.9 Å². The number of allylic oxidation sites excluding steroid dienone is 6. The lowest BCUT2D eigenvalue weighted by molar-refractivity contribution is 0.364. The van der Waals surface area contributed by atoms with Gasteiger partial charge in [0.25, 0.3) is 19.4 Å². The number of rotatable bonds is 2. The van der Waals surface area contributed by atoms with E-state index in [1.165, 1.54) is 10.9 Å². The van der Waals surface area contributed by atoms with Crippen molar-refractivity contribution in [3.05, 3.63) is 120 Å². The zero-order chi connectivity index (χ0) is 29.8. The molecule has 1 unspecified atom stereocenters. The summed E-state index contributed by atoms with van der Waals surface area (Å²) in [7, 11) is 0. The van der Waals surface area contributed by atoms with Crippen molar-refractivity contribution < 1.29 is 18.6 Å². The van der Waals surface area contributed by atoms with Crippen LogP contribution in [0.4, 0.5) is 11.4 Å². The Morgan fingerprint density at radius 2 is 1.58 bits per heavy atom. The molecule has 10 rings (SSSR count). The summed E-state index contributed by atoms with van der Waals surface area (Å²) in [5.41, 5.74) is 9.99. The average Bonchev–Trinajstić information content (AvgIpc) is 3.44. The van der Waals surface area contributed by atoms with Gasteiger partial charge < -0.3 is 23.5 Å². The lowest BCUT2D eigenvalue weighted by atomic mass is 9.31. The predicted molar refractivity (Wildman–Crippen MR) is 182 cm³/mol. The van der Waals surface area contributed by atoms with Gasteiger partial charge in [-0.05, 0) is 72.5 Å². The van der Waals surface area contributed by atoms with E-state index in [1.54, 1.807) is 0 Å². The maximum Gasteiger partial charge on any atom is 0.285 e. The number of fused-ring (bicyclic) bond motifs is 8. The highest BCUT2D eigenvalue weighted by Gasteiger charge is 2.47. The minimum absolute atomic E-state index is 0.0156. The van der Waals surface area contributed by atoms with Crippen LogP contribution in [0.3, 0.4) is 0 Å². The summed E-state index contributed by atoms with van der Waals surface area (Å²) in [4.78, 5) is 2.48. The van der Waals surface area contributed by atoms with Crippen LogP contribution < -0.4 is 46.4 Å². The van der Waals surface area contributed by atoms with Crippen molar-refractivity contribution in [2.45, 2.75) is 26.3 Å². The molecule has 0 saturated heterocycles. The molecule has 0 fully saturated rings. The summed E-state index contributed by atoms with van der Waals surface area (Å²) in [6, 6.07) is 25.6. The van der Waals surface area contributed by atoms with E-state index in [9.17, 15) is 0 Å². The van der Waals surface area contributed by atoms with Gasteiger partial charge in [-0.2, -0.15) is 0 Å². The van der Waals surface area contributed by atoms with E-state index < -0.39 is 0 Å². The highest BCUT2D eigenvalue weighted by Crippen LogP contribution is 2.43. The maximum atomic E-state index is 6.78. The fourth-order valence-electron chi connectivity index (χ4n) is 8.08. The number of hydrogen-bond acceptors (Lipinski definition) is 5. The molecule has 7 heteroatoms. The van der Waals surface area contributed by atoms with Crippen LogP contribution in [0.15, 0.2) is 125 Å². The molecule has 1 aliphatic carbocycles. The fraction of sp³-hybridized carbons (Fsp3) is 0.105. The molecule has 0 amide bonds. The first kappa shape index (κ1) is 25.1. The first-order chi connectivity index (χ1) is 22.2. The molecule has 5 heterocycles. The number of nitrogens with zero attached hydrogens (tertiary/aromatic N) is 1. The Labute approximate surface area is 261 Å². The van der Waals surface area contributed by atoms with Gasteiger partial charge in [0.1, 0.15) is 28.6 Å². The van der Waals surface area contributed by atoms with Crippen molar-refractivity contribution in [3.8, 4) is 28.9 Å². The molecule has 0 radical (unpaired) electrons. The molecule has 0 N–H and O–H groups in total. The Hall–Kier alpha value is -5.29. The van der Waals surface area contributed by atoms with Crippen molar-refractivity contribution in [1.82, 2.24) is 0 Å². The first-order valence-electron chi connectivity index (χ1n) is 15.6. The molecule has 5 nitrogen and oxygen atoms in total. The molecule has 4 aromatic carbocycles. The third kappa shape index (κ3) is 3.35. The molecule has 4 aliphatic heterocycles. The fourth-order valence-corrected chi connectivity index (χ4v) is 8.08. The molecular formula is C38H27B2NO4. The molecule has 45 heavy (non-hydrogen) atoms. The van der Waals surface area contributed by atoms with Crippen LogP contribution in [0.25, 0.3) is 11.0 Å². The van der Waals surface area contributed by atoms with Gasteiger partial charge in [0, 0.05) is 33.8 Å². The highest BCUT2D eigenvalue weighted by molar-refractivity contribution is 7.01. The van der Waals surface area contributed by atoms with Crippen LogP contribution in [0.2, 0.25) is 0 Å². The molecule has 214 valence electrons. The smallest absolute Gasteiger partial charge is 0.285 e. The standard InChI is InChI=1S/C38H27B2NO4/c1-3-11-25-22(2)42-32-18-10-19-33-37(32)39(25)27-20-26-29(21-34(27)43-33)41(23-12-5-4-6-13-23)28-15-9-17-31-36(28)40(26)35-24-14-7-8-16-30(24)44-38(35)45-31/h3-12,14-21,23H,13H2,1-2H3/b11-3-. The van der Waals surface area contributed by atoms with Gasteiger partial charge >= 0.3 is 0 Å². The summed E-state index contributed by atoms with van der Waals surface area (Å²) >= 11 is 0. The van der Waals surface area contributed by atoms with Gasteiger partial charge in [0.2, 0.25) is 0 Å². The van der Waals surface area contributed by atoms with E-state index >= 15 is 0 Å². The van der Waals surface area contributed by atoms with Crippen molar-refractivity contribution in [2.75, 3.05) is 4.90 Å². The van der Waals surface area contributed by atoms with Gasteiger partial charge in [-0.3, -0.25) is 0 Å². The van der Waals surface area contributed by atoms with Crippen molar-refractivity contribution in [1.29, 1.82) is 0 Å². The van der Waals surface area contributed by atoms with Crippen LogP contribution in [-0.4, -0.2) is 19.5 Å². The maximum absolute atomic E-state index is 6.78. The summed E-state index contributed by atoms with van der Waals surface area (Å²) in [5, 5.41) is 1.08. The molecule has 5 aliphatic rings. The summed E-state index contributed by atoms with van der Waals surface area (Å²) in [6.45, 7) is 4.03. The van der Waals surface area contributed by atoms with E-state index in [-0.39, 0.29) is 19.5 Å². The number of benzene rings is 4. The summed E-state index contributed by atoms with van der Waals surface area (Å²) < 4.78 is 26.1. The summed E-state index contributed by atoms with van der Waals surface area (Å²) in [5.74, 6) is 4.91. The van der Waals surface area contributed by atoms with Crippen molar-refractivity contribution >= 4 is 63.1 Å². The van der Waals surface area contributed by atoms with E-state index in [0.717, 1.165) is 79.4 Å². The van der Waals surface area contributed by atoms with E-state index in [1.807, 2.05) is 24.3 Å². The second kappa shape index (κ2) is 9.12. The van der Waals surface area contributed by atoms with Gasteiger partial charge in [-0.25, -0.2) is 0 Å². The summed E-state index contributed by atoms with van der Waals surface area (Å²) in [6.07, 6.45) is 14.0. The molecule has 1 aromatic heterocycles. The lowest BCUT2D eigenvalue weighted by Gasteiger charge is -2.43. The predicted octanol–water partition coefficient (Wildman–Crippen LogP) is 5.89. The van der Waals surface area contributed by atoms with Crippen LogP contribution in [-0.2, 0) is 0 Å². The van der Waals surface area contributed by atoms with Crippen molar-refractivity contribution in [3.63, 3.8) is 0 Å². The third-order valence-corrected chi connectivity index (χ3v) is 9.87. The van der Waals surface area contributed by atoms with Crippen LogP contribution in [0, 0.1) is 0 Å². The minimum Gasteiger partial charge on any atom is -0.463 e. The molecule has 5 aromatic rings. The molecule has 1 atom stereocenters. The third-order valence-electron chi connectivity index (χ3n) is 9.87. The number of anilines is 2. The molecule has 0 spiro atoms. The lowest BCUT2D eigenvalue weighted by Crippen LogP contribution is -2.62. The Morgan fingerprint density at radius 1 is 0.756 bits per heavy atom. The van der Waals surface area contributed by atoms with E-state index in [2.05, 4.69) is 104 Å². The monoisotopic (exact) mass is 583 g/mol. The topological polar surface area (TPSA) is 44.1 Å². The van der Waals surface area contributed by atoms with Crippen LogP contribution >= 0.6 is 0 Å². The largest absolute Gasteiger partial charge is 0.463 e. The van der Waals surface area contributed by atoms with Crippen molar-refractivity contribution in [2.24, 2.45) is 0 Å². The van der Waals surface area contributed by atoms with E-state index in [4.69, 9.17) is 18.6 Å². The molecular weight excluding hydrogens is 556 g/mol. The highest BCUT2D eigenvalue weighted by atomic mass is 16.6. The molecule has 0 saturated carbocycles. The Morgan fingerprint density at radius 3 is 2.42 bits per heavy atom. The number of ether oxygens (including phenoxy) is 3. The average molecular weight is 583 g/mol. The number of furan rings is 1. The Bertz CT molecular complexity index is 2240. The molecule has 0 bridgehead atoms. The Kier molecular flexibility index (Phi) is 5.08. The van der Waals surface area contributed by atoms with Gasteiger partial charge in [0.05, 0.1) is 11.8 Å². The van der Waals surface area contributed by atoms with Gasteiger partial charge in [-0.15, -0.1) is 0 Å². The van der Waals surface area contributed by atoms with Gasteiger partial charge in [-0.1, -0.05) is 72.9 Å². The normalized spacial score (nSPS) is 18.2. The second-order valence-electron chi connectivity index (χ2n) is 12.3. The first-order valence-corrected chi connectivity index (χ1v) is 15.6. The minimum atomic E-state index is -0.0741. The van der Waals surface area contributed by atoms with Gasteiger partial charge in [0.15, 0.2) is 0 Å². The SMILES string of the molecule is C/C=C\C1=C(C)Oc2cccc3c2B1c1cc2c(cc1O3)N(C1C=CC=CC1)c1cccc3c1B2c1c(oc2ccccc12)O3. The number of para-hydroxylation sites is 1. The second-order valence-corrected chi connectivity index (χ2v) is 12.3.